The molecule has 11 heteroatoms. The van der Waals surface area contributed by atoms with Crippen molar-refractivity contribution in [1.82, 2.24) is 19.1 Å². The number of aryl methyl sites for hydroxylation is 1. The molecule has 2 aromatic rings. The highest BCUT2D eigenvalue weighted by molar-refractivity contribution is 5.76. The quantitative estimate of drug-likeness (QED) is 0.618. The Morgan fingerprint density at radius 1 is 1.18 bits per heavy atom. The number of ether oxygens (including phenoxy) is 1. The SMILES string of the molecule is Cn1c(=O)[nH]c(=O)c2c1nc(N1CCCCC1)n2CCOC(=O)CCC(=O)O. The van der Waals surface area contributed by atoms with E-state index in [0.717, 1.165) is 32.4 Å². The zero-order valence-electron chi connectivity index (χ0n) is 15.6. The summed E-state index contributed by atoms with van der Waals surface area (Å²) in [5, 5.41) is 8.62. The van der Waals surface area contributed by atoms with E-state index < -0.39 is 23.2 Å². The van der Waals surface area contributed by atoms with Crippen molar-refractivity contribution < 1.29 is 19.4 Å². The molecule has 1 saturated heterocycles. The number of hydrogen-bond acceptors (Lipinski definition) is 7. The first-order chi connectivity index (χ1) is 13.4. The predicted molar refractivity (Wildman–Crippen MR) is 99.5 cm³/mol. The van der Waals surface area contributed by atoms with Gasteiger partial charge in [0.2, 0.25) is 5.95 Å². The van der Waals surface area contributed by atoms with Crippen molar-refractivity contribution in [2.45, 2.75) is 38.6 Å². The Hall–Kier alpha value is -3.11. The highest BCUT2D eigenvalue weighted by atomic mass is 16.5. The molecule has 1 aliphatic rings. The second-order valence-corrected chi connectivity index (χ2v) is 6.72. The van der Waals surface area contributed by atoms with Gasteiger partial charge in [-0.3, -0.25) is 23.9 Å². The average molecular weight is 393 g/mol. The zero-order valence-corrected chi connectivity index (χ0v) is 15.6. The van der Waals surface area contributed by atoms with Crippen LogP contribution >= 0.6 is 0 Å². The molecule has 0 aliphatic carbocycles. The fraction of sp³-hybridized carbons (Fsp3) is 0.588. The Bertz CT molecular complexity index is 998. The molecule has 3 rings (SSSR count). The van der Waals surface area contributed by atoms with E-state index in [4.69, 9.17) is 9.84 Å². The maximum absolute atomic E-state index is 12.4. The van der Waals surface area contributed by atoms with E-state index in [1.165, 1.54) is 11.6 Å². The molecular weight excluding hydrogens is 370 g/mol. The normalized spacial score (nSPS) is 14.4. The summed E-state index contributed by atoms with van der Waals surface area (Å²) in [7, 11) is 1.53. The molecule has 1 aliphatic heterocycles. The van der Waals surface area contributed by atoms with E-state index in [0.29, 0.717) is 5.95 Å². The minimum absolute atomic E-state index is 0.0347. The third kappa shape index (κ3) is 4.07. The lowest BCUT2D eigenvalue weighted by molar-refractivity contribution is -0.147. The number of aliphatic carboxylic acids is 1. The summed E-state index contributed by atoms with van der Waals surface area (Å²) in [5.74, 6) is -1.13. The van der Waals surface area contributed by atoms with Crippen molar-refractivity contribution in [2.75, 3.05) is 24.6 Å². The summed E-state index contributed by atoms with van der Waals surface area (Å²) < 4.78 is 8.03. The van der Waals surface area contributed by atoms with E-state index in [1.54, 1.807) is 4.57 Å². The number of aromatic amines is 1. The number of fused-ring (bicyclic) bond motifs is 1. The van der Waals surface area contributed by atoms with E-state index in [1.807, 2.05) is 0 Å². The van der Waals surface area contributed by atoms with Crippen molar-refractivity contribution in [3.8, 4) is 0 Å². The van der Waals surface area contributed by atoms with Crippen molar-refractivity contribution >= 4 is 29.1 Å². The number of esters is 1. The number of aromatic nitrogens is 4. The summed E-state index contributed by atoms with van der Waals surface area (Å²) in [6.07, 6.45) is 2.62. The maximum Gasteiger partial charge on any atom is 0.329 e. The smallest absolute Gasteiger partial charge is 0.329 e. The van der Waals surface area contributed by atoms with Gasteiger partial charge in [0.1, 0.15) is 6.61 Å². The molecule has 28 heavy (non-hydrogen) atoms. The number of carbonyl (C=O) groups is 2. The number of carbonyl (C=O) groups excluding carboxylic acids is 1. The molecule has 152 valence electrons. The van der Waals surface area contributed by atoms with Gasteiger partial charge in [0.05, 0.1) is 19.4 Å². The maximum atomic E-state index is 12.4. The molecule has 0 atom stereocenters. The number of piperidine rings is 1. The van der Waals surface area contributed by atoms with Crippen LogP contribution in [0, 0.1) is 0 Å². The lowest BCUT2D eigenvalue weighted by atomic mass is 10.1. The fourth-order valence-electron chi connectivity index (χ4n) is 3.30. The van der Waals surface area contributed by atoms with Crippen LogP contribution in [-0.2, 0) is 27.9 Å². The molecule has 11 nitrogen and oxygen atoms in total. The van der Waals surface area contributed by atoms with E-state index in [9.17, 15) is 19.2 Å². The Kier molecular flexibility index (Phi) is 5.81. The molecule has 0 spiro atoms. The zero-order chi connectivity index (χ0) is 20.3. The van der Waals surface area contributed by atoms with Crippen LogP contribution in [0.1, 0.15) is 32.1 Å². The first kappa shape index (κ1) is 19.6. The van der Waals surface area contributed by atoms with E-state index >= 15 is 0 Å². The van der Waals surface area contributed by atoms with Gasteiger partial charge < -0.3 is 19.3 Å². The first-order valence-corrected chi connectivity index (χ1v) is 9.20. The topological polar surface area (TPSA) is 140 Å². The Morgan fingerprint density at radius 3 is 2.57 bits per heavy atom. The summed E-state index contributed by atoms with van der Waals surface area (Å²) in [6.45, 7) is 1.70. The first-order valence-electron chi connectivity index (χ1n) is 9.20. The van der Waals surface area contributed by atoms with Gasteiger partial charge in [-0.15, -0.1) is 0 Å². The van der Waals surface area contributed by atoms with Crippen LogP contribution in [0.25, 0.3) is 11.2 Å². The van der Waals surface area contributed by atoms with Crippen LogP contribution in [0.15, 0.2) is 9.59 Å². The minimum atomic E-state index is -1.07. The fourth-order valence-corrected chi connectivity index (χ4v) is 3.30. The number of nitrogens with one attached hydrogen (secondary N) is 1. The highest BCUT2D eigenvalue weighted by Gasteiger charge is 2.23. The molecule has 0 unspecified atom stereocenters. The van der Waals surface area contributed by atoms with Crippen molar-refractivity contribution in [1.29, 1.82) is 0 Å². The van der Waals surface area contributed by atoms with Gasteiger partial charge in [0, 0.05) is 20.1 Å². The largest absolute Gasteiger partial charge is 0.481 e. The van der Waals surface area contributed by atoms with Gasteiger partial charge in [0.15, 0.2) is 11.2 Å². The van der Waals surface area contributed by atoms with Gasteiger partial charge in [-0.25, -0.2) is 4.79 Å². The lowest BCUT2D eigenvalue weighted by Gasteiger charge is -2.28. The monoisotopic (exact) mass is 393 g/mol. The number of H-pyrrole nitrogens is 1. The molecule has 2 aromatic heterocycles. The number of rotatable bonds is 7. The number of imidazole rings is 1. The molecule has 0 radical (unpaired) electrons. The van der Waals surface area contributed by atoms with Gasteiger partial charge in [0.25, 0.3) is 5.56 Å². The standard InChI is InChI=1S/C17H23N5O6/c1-20-14-13(15(26)19-17(20)27)22(9-10-28-12(25)6-5-11(23)24)16(18-14)21-7-3-2-4-8-21/h2-10H2,1H3,(H,23,24)(H,19,26,27). The lowest BCUT2D eigenvalue weighted by Crippen LogP contribution is -2.33. The number of anilines is 1. The third-order valence-corrected chi connectivity index (χ3v) is 4.75. The molecule has 1 fully saturated rings. The second kappa shape index (κ2) is 8.28. The minimum Gasteiger partial charge on any atom is -0.481 e. The molecule has 0 amide bonds. The van der Waals surface area contributed by atoms with Crippen LogP contribution in [0.5, 0.6) is 0 Å². The highest BCUT2D eigenvalue weighted by Crippen LogP contribution is 2.22. The van der Waals surface area contributed by atoms with Gasteiger partial charge in [-0.1, -0.05) is 0 Å². The number of carboxylic acid groups (broad SMARTS) is 1. The van der Waals surface area contributed by atoms with Crippen LogP contribution in [0.3, 0.4) is 0 Å². The van der Waals surface area contributed by atoms with Gasteiger partial charge >= 0.3 is 17.6 Å². The average Bonchev–Trinajstić information content (AvgIpc) is 3.05. The summed E-state index contributed by atoms with van der Waals surface area (Å²) in [4.78, 5) is 55.4. The van der Waals surface area contributed by atoms with Gasteiger partial charge in [-0.05, 0) is 19.3 Å². The Labute approximate surface area is 159 Å². The predicted octanol–water partition coefficient (Wildman–Crippen LogP) is -0.178. The van der Waals surface area contributed by atoms with Crippen LogP contribution in [-0.4, -0.2) is 55.8 Å². The Balaban J connectivity index is 1.89. The second-order valence-electron chi connectivity index (χ2n) is 6.72. The number of hydrogen-bond donors (Lipinski definition) is 2. The van der Waals surface area contributed by atoms with E-state index in [-0.39, 0.29) is 37.2 Å². The number of nitrogens with zero attached hydrogens (tertiary/aromatic N) is 4. The molecule has 0 saturated carbocycles. The molecule has 2 N–H and O–H groups in total. The third-order valence-electron chi connectivity index (χ3n) is 4.75. The molecular formula is C17H23N5O6. The summed E-state index contributed by atoms with van der Waals surface area (Å²) in [6, 6.07) is 0. The van der Waals surface area contributed by atoms with Crippen LogP contribution in [0.4, 0.5) is 5.95 Å². The Morgan fingerprint density at radius 2 is 1.89 bits per heavy atom. The molecule has 0 aromatic carbocycles. The van der Waals surface area contributed by atoms with Crippen molar-refractivity contribution in [3.63, 3.8) is 0 Å². The molecule has 0 bridgehead atoms. The number of carboxylic acids is 1. The molecule has 3 heterocycles. The van der Waals surface area contributed by atoms with Crippen molar-refractivity contribution in [2.24, 2.45) is 7.05 Å². The summed E-state index contributed by atoms with van der Waals surface area (Å²) >= 11 is 0. The van der Waals surface area contributed by atoms with Crippen LogP contribution in [0.2, 0.25) is 0 Å². The van der Waals surface area contributed by atoms with E-state index in [2.05, 4.69) is 14.9 Å². The van der Waals surface area contributed by atoms with Crippen LogP contribution < -0.4 is 16.1 Å². The van der Waals surface area contributed by atoms with Crippen molar-refractivity contribution in [3.05, 3.63) is 20.8 Å². The van der Waals surface area contributed by atoms with Gasteiger partial charge in [-0.2, -0.15) is 4.98 Å². The summed E-state index contributed by atoms with van der Waals surface area (Å²) in [5.41, 5.74) is -0.589.